The van der Waals surface area contributed by atoms with Crippen LogP contribution in [-0.4, -0.2) is 29.1 Å². The van der Waals surface area contributed by atoms with Crippen molar-refractivity contribution in [2.24, 2.45) is 5.73 Å². The quantitative estimate of drug-likeness (QED) is 0.923. The van der Waals surface area contributed by atoms with Gasteiger partial charge in [0, 0.05) is 24.0 Å². The molecule has 0 aromatic carbocycles. The number of hydrogen-bond acceptors (Lipinski definition) is 5. The molecule has 0 saturated heterocycles. The Hall–Kier alpha value is -1.20. The van der Waals surface area contributed by atoms with Gasteiger partial charge in [-0.2, -0.15) is 0 Å². The van der Waals surface area contributed by atoms with Crippen LogP contribution in [0.1, 0.15) is 36.1 Å². The van der Waals surface area contributed by atoms with E-state index in [2.05, 4.69) is 35.8 Å². The maximum Gasteiger partial charge on any atom is 0.141 e. The molecule has 1 aliphatic carbocycles. The van der Waals surface area contributed by atoms with Gasteiger partial charge >= 0.3 is 0 Å². The minimum Gasteiger partial charge on any atom is -0.354 e. The molecule has 20 heavy (non-hydrogen) atoms. The lowest BCUT2D eigenvalue weighted by Gasteiger charge is -2.37. The number of likely N-dealkylation sites (N-methyl/N-ethyl adjacent to an activating group) is 1. The number of thiophene rings is 1. The van der Waals surface area contributed by atoms with Crippen molar-refractivity contribution in [2.75, 3.05) is 11.9 Å². The van der Waals surface area contributed by atoms with E-state index < -0.39 is 0 Å². The summed E-state index contributed by atoms with van der Waals surface area (Å²) in [5.74, 6) is 1.04. The average Bonchev–Trinajstić information content (AvgIpc) is 2.74. The van der Waals surface area contributed by atoms with E-state index in [-0.39, 0.29) is 6.04 Å². The van der Waals surface area contributed by atoms with E-state index in [4.69, 9.17) is 5.73 Å². The van der Waals surface area contributed by atoms with Gasteiger partial charge in [0.05, 0.1) is 5.39 Å². The van der Waals surface area contributed by atoms with Crippen molar-refractivity contribution >= 4 is 27.4 Å². The van der Waals surface area contributed by atoms with E-state index in [0.717, 1.165) is 23.5 Å². The van der Waals surface area contributed by atoms with E-state index in [1.165, 1.54) is 28.7 Å². The van der Waals surface area contributed by atoms with Gasteiger partial charge in [-0.15, -0.1) is 11.3 Å². The van der Waals surface area contributed by atoms with E-state index in [1.807, 2.05) is 0 Å². The Bertz CT molecular complexity index is 622. The molecule has 2 heterocycles. The summed E-state index contributed by atoms with van der Waals surface area (Å²) in [5, 5.41) is 1.20. The molecule has 0 amide bonds. The zero-order valence-electron chi connectivity index (χ0n) is 12.4. The minimum absolute atomic E-state index is 0.249. The fraction of sp³-hybridized carbons (Fsp3) is 0.600. The van der Waals surface area contributed by atoms with Crippen molar-refractivity contribution in [3.8, 4) is 0 Å². The van der Waals surface area contributed by atoms with E-state index in [9.17, 15) is 0 Å². The second-order valence-corrected chi connectivity index (χ2v) is 6.99. The van der Waals surface area contributed by atoms with Gasteiger partial charge in [0.15, 0.2) is 0 Å². The second-order valence-electron chi connectivity index (χ2n) is 5.79. The summed E-state index contributed by atoms with van der Waals surface area (Å²) in [6, 6.07) is 0.639. The third-order valence-electron chi connectivity index (χ3n) is 4.56. The first-order valence-electron chi connectivity index (χ1n) is 7.28. The van der Waals surface area contributed by atoms with Crippen LogP contribution in [0.15, 0.2) is 6.33 Å². The van der Waals surface area contributed by atoms with Gasteiger partial charge in [-0.25, -0.2) is 9.97 Å². The molecule has 3 rings (SSSR count). The van der Waals surface area contributed by atoms with Crippen LogP contribution in [0, 0.1) is 13.8 Å². The minimum atomic E-state index is 0.249. The molecule has 108 valence electrons. The number of aryl methyl sites for hydroxylation is 2. The molecule has 2 aromatic heterocycles. The maximum absolute atomic E-state index is 6.32. The summed E-state index contributed by atoms with van der Waals surface area (Å²) in [6.07, 6.45) is 6.47. The third kappa shape index (κ3) is 2.19. The van der Waals surface area contributed by atoms with Crippen LogP contribution in [0.4, 0.5) is 5.82 Å². The average molecular weight is 290 g/mol. The van der Waals surface area contributed by atoms with Crippen LogP contribution in [-0.2, 0) is 0 Å². The van der Waals surface area contributed by atoms with Crippen LogP contribution in [0.25, 0.3) is 10.2 Å². The number of hydrogen-bond donors (Lipinski definition) is 1. The highest BCUT2D eigenvalue weighted by Crippen LogP contribution is 2.35. The molecule has 0 spiro atoms. The van der Waals surface area contributed by atoms with Gasteiger partial charge in [-0.1, -0.05) is 12.8 Å². The Kier molecular flexibility index (Phi) is 3.65. The molecule has 2 N–H and O–H groups in total. The molecule has 5 heteroatoms. The summed E-state index contributed by atoms with van der Waals surface area (Å²) in [7, 11) is 2.13. The van der Waals surface area contributed by atoms with E-state index >= 15 is 0 Å². The van der Waals surface area contributed by atoms with E-state index in [1.54, 1.807) is 17.7 Å². The molecule has 1 aliphatic rings. The normalized spacial score (nSPS) is 23.2. The summed E-state index contributed by atoms with van der Waals surface area (Å²) in [4.78, 5) is 13.7. The number of aromatic nitrogens is 2. The number of nitrogens with zero attached hydrogens (tertiary/aromatic N) is 3. The van der Waals surface area contributed by atoms with Gasteiger partial charge in [0.2, 0.25) is 0 Å². The lowest BCUT2D eigenvalue weighted by atomic mass is 9.90. The highest BCUT2D eigenvalue weighted by Gasteiger charge is 2.28. The Morgan fingerprint density at radius 3 is 2.75 bits per heavy atom. The Balaban J connectivity index is 2.04. The third-order valence-corrected chi connectivity index (χ3v) is 5.67. The van der Waals surface area contributed by atoms with Crippen molar-refractivity contribution < 1.29 is 0 Å². The smallest absolute Gasteiger partial charge is 0.141 e. The summed E-state index contributed by atoms with van der Waals surface area (Å²) < 4.78 is 0. The van der Waals surface area contributed by atoms with Crippen LogP contribution < -0.4 is 10.6 Å². The predicted molar refractivity (Wildman–Crippen MR) is 85.5 cm³/mol. The van der Waals surface area contributed by atoms with Crippen molar-refractivity contribution in [1.82, 2.24) is 9.97 Å². The second kappa shape index (κ2) is 5.30. The van der Waals surface area contributed by atoms with Crippen LogP contribution >= 0.6 is 11.3 Å². The Morgan fingerprint density at radius 2 is 2.00 bits per heavy atom. The van der Waals surface area contributed by atoms with Gasteiger partial charge in [-0.05, 0) is 32.3 Å². The SMILES string of the molecule is Cc1sc2ncnc(N(C)C3CCCCC3N)c2c1C. The van der Waals surface area contributed by atoms with Gasteiger partial charge in [0.25, 0.3) is 0 Å². The molecule has 1 fully saturated rings. The van der Waals surface area contributed by atoms with Gasteiger partial charge < -0.3 is 10.6 Å². The molecule has 0 radical (unpaired) electrons. The highest BCUT2D eigenvalue weighted by molar-refractivity contribution is 7.18. The van der Waals surface area contributed by atoms with Crippen molar-refractivity contribution in [1.29, 1.82) is 0 Å². The van der Waals surface area contributed by atoms with Crippen LogP contribution in [0.3, 0.4) is 0 Å². The van der Waals surface area contributed by atoms with Gasteiger partial charge in [-0.3, -0.25) is 0 Å². The lowest BCUT2D eigenvalue weighted by Crippen LogP contribution is -2.48. The molecule has 2 aromatic rings. The summed E-state index contributed by atoms with van der Waals surface area (Å²) >= 11 is 1.75. The molecule has 0 aliphatic heterocycles. The number of rotatable bonds is 2. The fourth-order valence-corrected chi connectivity index (χ4v) is 4.20. The largest absolute Gasteiger partial charge is 0.354 e. The highest BCUT2D eigenvalue weighted by atomic mass is 32.1. The number of nitrogens with two attached hydrogens (primary N) is 1. The standard InChI is InChI=1S/C15H22N4S/c1-9-10(2)20-15-13(9)14(17-8-18-15)19(3)12-7-5-4-6-11(12)16/h8,11-12H,4-7,16H2,1-3H3. The monoisotopic (exact) mass is 290 g/mol. The molecule has 0 bridgehead atoms. The molecular formula is C15H22N4S. The first kappa shape index (κ1) is 13.8. The van der Waals surface area contributed by atoms with Crippen molar-refractivity contribution in [3.05, 3.63) is 16.8 Å². The number of anilines is 1. The van der Waals surface area contributed by atoms with Crippen LogP contribution in [0.2, 0.25) is 0 Å². The first-order chi connectivity index (χ1) is 9.59. The fourth-order valence-electron chi connectivity index (χ4n) is 3.21. The lowest BCUT2D eigenvalue weighted by molar-refractivity contribution is 0.373. The molecule has 4 nitrogen and oxygen atoms in total. The van der Waals surface area contributed by atoms with Crippen molar-refractivity contribution in [2.45, 2.75) is 51.6 Å². The molecule has 2 unspecified atom stereocenters. The molecular weight excluding hydrogens is 268 g/mol. The Labute approximate surface area is 124 Å². The topological polar surface area (TPSA) is 55.0 Å². The Morgan fingerprint density at radius 1 is 1.25 bits per heavy atom. The van der Waals surface area contributed by atoms with Gasteiger partial charge in [0.1, 0.15) is 17.0 Å². The maximum atomic E-state index is 6.32. The van der Waals surface area contributed by atoms with Crippen molar-refractivity contribution in [3.63, 3.8) is 0 Å². The first-order valence-corrected chi connectivity index (χ1v) is 8.10. The van der Waals surface area contributed by atoms with Crippen LogP contribution in [0.5, 0.6) is 0 Å². The predicted octanol–water partition coefficient (Wildman–Crippen LogP) is 3.01. The summed E-state index contributed by atoms with van der Waals surface area (Å²) in [6.45, 7) is 4.31. The molecule has 2 atom stereocenters. The van der Waals surface area contributed by atoms with E-state index in [0.29, 0.717) is 6.04 Å². The summed E-state index contributed by atoms with van der Waals surface area (Å²) in [5.41, 5.74) is 7.62. The number of fused-ring (bicyclic) bond motifs is 1. The zero-order chi connectivity index (χ0) is 14.3. The zero-order valence-corrected chi connectivity index (χ0v) is 13.2. The molecule has 1 saturated carbocycles.